The van der Waals surface area contributed by atoms with E-state index >= 15 is 0 Å². The maximum atomic E-state index is 12.8. The number of aryl methyl sites for hydroxylation is 2. The summed E-state index contributed by atoms with van der Waals surface area (Å²) in [6.07, 6.45) is 6.29. The highest BCUT2D eigenvalue weighted by Gasteiger charge is 2.23. The molecule has 0 aliphatic carbocycles. The van der Waals surface area contributed by atoms with Gasteiger partial charge in [0.15, 0.2) is 0 Å². The predicted octanol–water partition coefficient (Wildman–Crippen LogP) is 2.65. The van der Waals surface area contributed by atoms with E-state index < -0.39 is 0 Å². The van der Waals surface area contributed by atoms with Gasteiger partial charge in [-0.05, 0) is 37.6 Å². The average molecular weight is 386 g/mol. The van der Waals surface area contributed by atoms with E-state index in [1.54, 1.807) is 12.4 Å². The first-order valence-corrected chi connectivity index (χ1v) is 9.77. The zero-order valence-electron chi connectivity index (χ0n) is 16.5. The van der Waals surface area contributed by atoms with Gasteiger partial charge in [0.2, 0.25) is 0 Å². The van der Waals surface area contributed by atoms with E-state index in [9.17, 15) is 4.79 Å². The minimum atomic E-state index is -0.0581. The zero-order chi connectivity index (χ0) is 20.0. The van der Waals surface area contributed by atoms with Crippen molar-refractivity contribution in [3.8, 4) is 11.4 Å². The molecular weight excluding hydrogens is 364 g/mol. The van der Waals surface area contributed by atoms with Crippen LogP contribution in [0.5, 0.6) is 0 Å². The number of fused-ring (bicyclic) bond motifs is 2. The summed E-state index contributed by atoms with van der Waals surface area (Å²) in [5, 5.41) is 0. The third-order valence-corrected chi connectivity index (χ3v) is 5.54. The Bertz CT molecular complexity index is 1260. The Morgan fingerprint density at radius 1 is 1.10 bits per heavy atom. The van der Waals surface area contributed by atoms with Crippen molar-refractivity contribution < 1.29 is 0 Å². The second-order valence-electron chi connectivity index (χ2n) is 7.61. The van der Waals surface area contributed by atoms with Crippen LogP contribution < -0.4 is 5.56 Å². The summed E-state index contributed by atoms with van der Waals surface area (Å²) in [5.74, 6) is 0.609. The zero-order valence-corrected chi connectivity index (χ0v) is 16.5. The molecule has 0 saturated carbocycles. The molecule has 0 radical (unpaired) electrons. The smallest absolute Gasteiger partial charge is 0.255 e. The summed E-state index contributed by atoms with van der Waals surface area (Å²) in [6.45, 7) is 6.33. The van der Waals surface area contributed by atoms with Crippen molar-refractivity contribution in [1.29, 1.82) is 0 Å². The topological polar surface area (TPSA) is 79.2 Å². The van der Waals surface area contributed by atoms with Crippen molar-refractivity contribution in [2.45, 2.75) is 33.4 Å². The maximum Gasteiger partial charge on any atom is 0.255 e. The number of hydrogen-bond acceptors (Lipinski definition) is 5. The molecule has 0 amide bonds. The van der Waals surface area contributed by atoms with Crippen molar-refractivity contribution in [3.63, 3.8) is 0 Å². The molecule has 0 saturated heterocycles. The van der Waals surface area contributed by atoms with Crippen molar-refractivity contribution in [2.24, 2.45) is 0 Å². The summed E-state index contributed by atoms with van der Waals surface area (Å²) in [5.41, 5.74) is 6.83. The Balaban J connectivity index is 1.44. The quantitative estimate of drug-likeness (QED) is 0.586. The largest absolute Gasteiger partial charge is 0.306 e. The second-order valence-corrected chi connectivity index (χ2v) is 7.61. The molecule has 4 aromatic heterocycles. The minimum Gasteiger partial charge on any atom is -0.306 e. The van der Waals surface area contributed by atoms with Crippen molar-refractivity contribution >= 4 is 5.65 Å². The van der Waals surface area contributed by atoms with Crippen LogP contribution in [0.1, 0.15) is 28.2 Å². The summed E-state index contributed by atoms with van der Waals surface area (Å²) < 4.78 is 2.16. The van der Waals surface area contributed by atoms with Crippen LogP contribution in [0.2, 0.25) is 0 Å². The molecule has 1 aliphatic heterocycles. The fourth-order valence-corrected chi connectivity index (χ4v) is 3.98. The number of nitrogens with zero attached hydrogens (tertiary/aromatic N) is 5. The van der Waals surface area contributed by atoms with Gasteiger partial charge < -0.3 is 9.38 Å². The molecule has 1 N–H and O–H groups in total. The molecule has 29 heavy (non-hydrogen) atoms. The normalized spacial score (nSPS) is 14.3. The van der Waals surface area contributed by atoms with Crippen LogP contribution in [0.15, 0.2) is 47.7 Å². The number of rotatable bonds is 3. The van der Waals surface area contributed by atoms with E-state index in [0.29, 0.717) is 12.4 Å². The van der Waals surface area contributed by atoms with Gasteiger partial charge in [-0.25, -0.2) is 9.97 Å². The highest BCUT2D eigenvalue weighted by Crippen LogP contribution is 2.21. The van der Waals surface area contributed by atoms with Crippen molar-refractivity contribution in [1.82, 2.24) is 29.2 Å². The molecule has 7 nitrogen and oxygen atoms in total. The highest BCUT2D eigenvalue weighted by molar-refractivity contribution is 5.54. The Hall–Kier alpha value is -3.32. The molecule has 5 heterocycles. The minimum absolute atomic E-state index is 0.0581. The van der Waals surface area contributed by atoms with Gasteiger partial charge in [-0.1, -0.05) is 6.07 Å². The molecular formula is C22H22N6O. The number of aromatic nitrogens is 5. The first-order chi connectivity index (χ1) is 14.1. The number of pyridine rings is 2. The summed E-state index contributed by atoms with van der Waals surface area (Å²) in [6, 6.07) is 7.84. The Labute approximate surface area is 168 Å². The molecule has 146 valence electrons. The molecule has 7 heteroatoms. The second kappa shape index (κ2) is 6.93. The molecule has 0 aromatic carbocycles. The van der Waals surface area contributed by atoms with E-state index in [1.807, 2.05) is 25.1 Å². The van der Waals surface area contributed by atoms with Gasteiger partial charge >= 0.3 is 0 Å². The Morgan fingerprint density at radius 3 is 2.76 bits per heavy atom. The predicted molar refractivity (Wildman–Crippen MR) is 111 cm³/mol. The van der Waals surface area contributed by atoms with E-state index in [4.69, 9.17) is 4.98 Å². The molecule has 0 atom stereocenters. The Kier molecular flexibility index (Phi) is 4.24. The van der Waals surface area contributed by atoms with Crippen molar-refractivity contribution in [3.05, 3.63) is 81.4 Å². The van der Waals surface area contributed by atoms with E-state index in [1.165, 1.54) is 11.3 Å². The SMILES string of the molecule is Cc1ccc2nc(C)c(CN3CCc4nc(-c5ccncc5)[nH]c(=O)c4C3)n2c1. The van der Waals surface area contributed by atoms with Crippen LogP contribution in [0, 0.1) is 13.8 Å². The molecule has 0 fully saturated rings. The monoisotopic (exact) mass is 386 g/mol. The molecule has 0 bridgehead atoms. The third kappa shape index (κ3) is 3.23. The lowest BCUT2D eigenvalue weighted by Gasteiger charge is -2.27. The number of imidazole rings is 1. The third-order valence-electron chi connectivity index (χ3n) is 5.54. The molecule has 1 aliphatic rings. The van der Waals surface area contributed by atoms with Gasteiger partial charge in [0.1, 0.15) is 11.5 Å². The van der Waals surface area contributed by atoms with Crippen LogP contribution in [0.25, 0.3) is 17.0 Å². The summed E-state index contributed by atoms with van der Waals surface area (Å²) in [7, 11) is 0. The molecule has 0 spiro atoms. The van der Waals surface area contributed by atoms with E-state index in [0.717, 1.165) is 47.7 Å². The standard InChI is InChI=1S/C22H22N6O/c1-14-3-4-20-24-15(2)19(28(20)11-14)13-27-10-7-18-17(12-27)22(29)26-21(25-18)16-5-8-23-9-6-16/h3-6,8-9,11H,7,10,12-13H2,1-2H3,(H,25,26,29). The molecule has 4 aromatic rings. The van der Waals surface area contributed by atoms with Gasteiger partial charge in [-0.15, -0.1) is 0 Å². The van der Waals surface area contributed by atoms with Crippen LogP contribution in [0.3, 0.4) is 0 Å². The number of H-pyrrole nitrogens is 1. The Morgan fingerprint density at radius 2 is 1.93 bits per heavy atom. The maximum absolute atomic E-state index is 12.8. The van der Waals surface area contributed by atoms with Gasteiger partial charge in [0, 0.05) is 50.2 Å². The van der Waals surface area contributed by atoms with Crippen LogP contribution >= 0.6 is 0 Å². The summed E-state index contributed by atoms with van der Waals surface area (Å²) in [4.78, 5) is 31.4. The van der Waals surface area contributed by atoms with Gasteiger partial charge in [-0.2, -0.15) is 0 Å². The van der Waals surface area contributed by atoms with Gasteiger partial charge in [0.05, 0.1) is 22.6 Å². The van der Waals surface area contributed by atoms with E-state index in [2.05, 4.69) is 43.4 Å². The molecule has 0 unspecified atom stereocenters. The lowest BCUT2D eigenvalue weighted by molar-refractivity contribution is 0.238. The van der Waals surface area contributed by atoms with Gasteiger partial charge in [-0.3, -0.25) is 14.7 Å². The number of nitrogens with one attached hydrogen (secondary N) is 1. The van der Waals surface area contributed by atoms with Crippen LogP contribution in [-0.4, -0.2) is 35.8 Å². The molecule has 5 rings (SSSR count). The fourth-order valence-electron chi connectivity index (χ4n) is 3.98. The lowest BCUT2D eigenvalue weighted by Crippen LogP contribution is -2.35. The summed E-state index contributed by atoms with van der Waals surface area (Å²) >= 11 is 0. The van der Waals surface area contributed by atoms with Crippen LogP contribution in [-0.2, 0) is 19.5 Å². The number of hydrogen-bond donors (Lipinski definition) is 1. The first-order valence-electron chi connectivity index (χ1n) is 9.77. The fraction of sp³-hybridized carbons (Fsp3) is 0.273. The average Bonchev–Trinajstić information content (AvgIpc) is 3.03. The first kappa shape index (κ1) is 17.8. The lowest BCUT2D eigenvalue weighted by atomic mass is 10.1. The van der Waals surface area contributed by atoms with Gasteiger partial charge in [0.25, 0.3) is 5.56 Å². The van der Waals surface area contributed by atoms with Crippen LogP contribution in [0.4, 0.5) is 0 Å². The van der Waals surface area contributed by atoms with Crippen molar-refractivity contribution in [2.75, 3.05) is 6.54 Å². The highest BCUT2D eigenvalue weighted by atomic mass is 16.1. The van der Waals surface area contributed by atoms with E-state index in [-0.39, 0.29) is 5.56 Å². The number of aromatic amines is 1.